The van der Waals surface area contributed by atoms with Gasteiger partial charge in [0.1, 0.15) is 23.2 Å². The lowest BCUT2D eigenvalue weighted by molar-refractivity contribution is 0.119. The van der Waals surface area contributed by atoms with Crippen LogP contribution in [-0.4, -0.2) is 25.1 Å². The van der Waals surface area contributed by atoms with Crippen molar-refractivity contribution < 1.29 is 27.6 Å². The molecule has 0 spiro atoms. The van der Waals surface area contributed by atoms with Gasteiger partial charge < -0.3 is 14.4 Å². The number of ether oxygens (including phenoxy) is 2. The molecule has 0 bridgehead atoms. The van der Waals surface area contributed by atoms with E-state index >= 15 is 0 Å². The monoisotopic (exact) mass is 574 g/mol. The highest BCUT2D eigenvalue weighted by Gasteiger charge is 2.47. The Balaban J connectivity index is 1.93. The molecule has 0 saturated carbocycles. The molecule has 2 aromatic carbocycles. The first kappa shape index (κ1) is 26.5. The highest BCUT2D eigenvalue weighted by atomic mass is 35.5. The molecule has 0 fully saturated rings. The lowest BCUT2D eigenvalue weighted by Gasteiger charge is -2.28. The van der Waals surface area contributed by atoms with Crippen LogP contribution in [0.3, 0.4) is 0 Å². The van der Waals surface area contributed by atoms with Gasteiger partial charge in [0.05, 0.1) is 0 Å². The summed E-state index contributed by atoms with van der Waals surface area (Å²) in [7, 11) is 0. The van der Waals surface area contributed by atoms with E-state index in [1.54, 1.807) is 60.7 Å². The van der Waals surface area contributed by atoms with Crippen LogP contribution in [0.4, 0.5) is 0 Å². The maximum atomic E-state index is 12.3. The third kappa shape index (κ3) is 8.64. The highest BCUT2D eigenvalue weighted by molar-refractivity contribution is 8.52. The Kier molecular flexibility index (Phi) is 10.1. The van der Waals surface area contributed by atoms with E-state index in [2.05, 4.69) is 0 Å². The predicted molar refractivity (Wildman–Crippen MR) is 122 cm³/mol. The number of alkyl halides is 6. The number of para-hydroxylation sites is 2. The van der Waals surface area contributed by atoms with Gasteiger partial charge in [-0.3, -0.25) is 8.71 Å². The van der Waals surface area contributed by atoms with Gasteiger partial charge in [-0.25, -0.2) is 4.57 Å². The molecular weight excluding hydrogens is 564 g/mol. The van der Waals surface area contributed by atoms with Crippen molar-refractivity contribution in [3.8, 4) is 11.5 Å². The minimum absolute atomic E-state index is 0.147. The van der Waals surface area contributed by atoms with Crippen LogP contribution in [-0.2, 0) is 13.3 Å². The topological polar surface area (TPSA) is 74.2 Å². The van der Waals surface area contributed by atoms with E-state index in [-0.39, 0.29) is 11.7 Å². The third-order valence-electron chi connectivity index (χ3n) is 2.97. The molecule has 14 heteroatoms. The molecule has 0 aliphatic carbocycles. The summed E-state index contributed by atoms with van der Waals surface area (Å²) >= 11 is 35.5. The number of rotatable bonds is 11. The number of hydrogen-bond acceptors (Lipinski definition) is 6. The van der Waals surface area contributed by atoms with Gasteiger partial charge in [0.25, 0.3) is 9.04 Å². The lowest BCUT2D eigenvalue weighted by Crippen LogP contribution is -2.34. The normalized spacial score (nSPS) is 16.4. The van der Waals surface area contributed by atoms with E-state index in [4.69, 9.17) is 87.8 Å². The summed E-state index contributed by atoms with van der Waals surface area (Å²) in [5.41, 5.74) is -3.03. The lowest BCUT2D eigenvalue weighted by atomic mass is 10.3. The van der Waals surface area contributed by atoms with Gasteiger partial charge in [0.15, 0.2) is 0 Å². The van der Waals surface area contributed by atoms with Crippen LogP contribution in [0.2, 0.25) is 0 Å². The van der Waals surface area contributed by atoms with Crippen LogP contribution in [0, 0.1) is 0 Å². The van der Waals surface area contributed by atoms with Gasteiger partial charge in [0, 0.05) is 0 Å². The quantitative estimate of drug-likeness (QED) is 0.171. The van der Waals surface area contributed by atoms with E-state index < -0.39 is 27.0 Å². The van der Waals surface area contributed by atoms with Crippen molar-refractivity contribution in [2.45, 2.75) is 20.2 Å². The molecule has 0 radical (unpaired) electrons. The smallest absolute Gasteiger partial charge is 0.416 e. The van der Waals surface area contributed by atoms with Crippen LogP contribution < -0.4 is 9.47 Å². The molecule has 2 rings (SSSR count). The Hall–Kier alpha value is 0.240. The van der Waals surface area contributed by atoms with E-state index in [1.807, 2.05) is 0 Å². The SMILES string of the molecule is O=P(O)(OC(Cl)(Cl)C(Cl)Oc1ccccc1)SOC(Cl)(Cl)C(Cl)Oc1ccccc1. The molecule has 3 atom stereocenters. The number of benzene rings is 2. The average Bonchev–Trinajstić information content (AvgIpc) is 2.67. The second kappa shape index (κ2) is 11.4. The van der Waals surface area contributed by atoms with Crippen LogP contribution >= 0.6 is 88.1 Å². The summed E-state index contributed by atoms with van der Waals surface area (Å²) < 4.78 is 27.9. The van der Waals surface area contributed by atoms with Gasteiger partial charge in [-0.15, -0.1) is 0 Å². The molecule has 0 aliphatic rings. The molecule has 0 heterocycles. The van der Waals surface area contributed by atoms with Crippen molar-refractivity contribution in [3.05, 3.63) is 60.7 Å². The summed E-state index contributed by atoms with van der Waals surface area (Å²) in [6.07, 6.45) is 0. The van der Waals surface area contributed by atoms with E-state index in [0.29, 0.717) is 11.5 Å². The van der Waals surface area contributed by atoms with E-state index in [9.17, 15) is 9.46 Å². The Morgan fingerprint density at radius 1 is 0.800 bits per heavy atom. The Morgan fingerprint density at radius 3 is 1.63 bits per heavy atom. The molecule has 6 nitrogen and oxygen atoms in total. The molecule has 2 aromatic rings. The van der Waals surface area contributed by atoms with Crippen molar-refractivity contribution in [2.24, 2.45) is 0 Å². The van der Waals surface area contributed by atoms with Crippen LogP contribution in [0.25, 0.3) is 0 Å². The summed E-state index contributed by atoms with van der Waals surface area (Å²) in [4.78, 5) is 9.99. The minimum Gasteiger partial charge on any atom is -0.469 e. The summed E-state index contributed by atoms with van der Waals surface area (Å²) in [5.74, 6) is 0.635. The van der Waals surface area contributed by atoms with Crippen LogP contribution in [0.15, 0.2) is 60.7 Å². The molecular formula is C16H13Cl6O6PS. The molecule has 0 amide bonds. The maximum absolute atomic E-state index is 12.3. The van der Waals surface area contributed by atoms with E-state index in [1.165, 1.54) is 0 Å². The van der Waals surface area contributed by atoms with Gasteiger partial charge in [-0.1, -0.05) is 106 Å². The van der Waals surface area contributed by atoms with Crippen molar-refractivity contribution >= 4 is 88.1 Å². The zero-order chi connectivity index (χ0) is 22.4. The highest BCUT2D eigenvalue weighted by Crippen LogP contribution is 2.62. The second-order valence-corrected chi connectivity index (χ2v) is 12.0. The maximum Gasteiger partial charge on any atom is 0.416 e. The Morgan fingerprint density at radius 2 is 1.20 bits per heavy atom. The minimum atomic E-state index is -4.71. The van der Waals surface area contributed by atoms with Gasteiger partial charge in [-0.05, 0) is 24.3 Å². The third-order valence-corrected chi connectivity index (χ3v) is 7.77. The van der Waals surface area contributed by atoms with Crippen LogP contribution in [0.1, 0.15) is 0 Å². The predicted octanol–water partition coefficient (Wildman–Crippen LogP) is 7.32. The number of hydrogen-bond donors (Lipinski definition) is 1. The van der Waals surface area contributed by atoms with Crippen molar-refractivity contribution in [1.29, 1.82) is 0 Å². The van der Waals surface area contributed by atoms with E-state index in [0.717, 1.165) is 0 Å². The second-order valence-electron chi connectivity index (χ2n) is 5.34. The zero-order valence-electron chi connectivity index (χ0n) is 14.5. The fourth-order valence-electron chi connectivity index (χ4n) is 1.72. The molecule has 0 aromatic heterocycles. The Bertz CT molecular complexity index is 847. The molecule has 0 aliphatic heterocycles. The molecule has 166 valence electrons. The first-order valence-corrected chi connectivity index (χ1v) is 13.1. The molecule has 30 heavy (non-hydrogen) atoms. The summed E-state index contributed by atoms with van der Waals surface area (Å²) in [5, 5.41) is 0. The molecule has 3 unspecified atom stereocenters. The average molecular weight is 577 g/mol. The van der Waals surface area contributed by atoms with Gasteiger partial charge >= 0.3 is 6.80 Å². The van der Waals surface area contributed by atoms with Gasteiger partial charge in [0.2, 0.25) is 11.1 Å². The van der Waals surface area contributed by atoms with Gasteiger partial charge in [-0.2, -0.15) is 0 Å². The molecule has 1 N–H and O–H groups in total. The number of halogens is 6. The fraction of sp³-hybridized carbons (Fsp3) is 0.250. The van der Waals surface area contributed by atoms with Crippen molar-refractivity contribution in [2.75, 3.05) is 0 Å². The fourth-order valence-corrected chi connectivity index (χ4v) is 5.36. The Labute approximate surface area is 207 Å². The van der Waals surface area contributed by atoms with Crippen LogP contribution in [0.5, 0.6) is 11.5 Å². The first-order chi connectivity index (χ1) is 13.9. The molecule has 0 saturated heterocycles. The van der Waals surface area contributed by atoms with Crippen molar-refractivity contribution in [1.82, 2.24) is 0 Å². The van der Waals surface area contributed by atoms with Crippen molar-refractivity contribution in [3.63, 3.8) is 0 Å². The zero-order valence-corrected chi connectivity index (χ0v) is 20.8. The summed E-state index contributed by atoms with van der Waals surface area (Å²) in [6, 6.07) is 16.5. The largest absolute Gasteiger partial charge is 0.469 e. The standard InChI is InChI=1S/C16H13Cl6O6PS/c17-13(25-11-7-3-1-4-8-11)15(19,20)27-29(23,24)30-28-16(21,22)14(18)26-12-9-5-2-6-10-12/h1-10,13-14H,(H,23,24). The first-order valence-electron chi connectivity index (χ1n) is 7.79. The summed E-state index contributed by atoms with van der Waals surface area (Å²) in [6.45, 7) is -4.71.